The van der Waals surface area contributed by atoms with Gasteiger partial charge in [-0.3, -0.25) is 0 Å². The van der Waals surface area contributed by atoms with Crippen molar-refractivity contribution in [2.24, 2.45) is 169 Å². The Kier molecular flexibility index (Phi) is 27.7. The van der Waals surface area contributed by atoms with E-state index >= 15 is 0 Å². The molecule has 28 aliphatic carbocycles. The van der Waals surface area contributed by atoms with Gasteiger partial charge in [0.1, 0.15) is 33.6 Å². The first-order valence-electron chi connectivity index (χ1n) is 55.3. The summed E-state index contributed by atoms with van der Waals surface area (Å²) in [5.74, 6) is 18.3. The van der Waals surface area contributed by atoms with Crippen molar-refractivity contribution in [1.29, 1.82) is 0 Å². The molecule has 0 aliphatic heterocycles. The molecule has 0 aromatic carbocycles. The molecule has 0 radical (unpaired) electrons. The van der Waals surface area contributed by atoms with E-state index in [1.165, 1.54) is 321 Å². The van der Waals surface area contributed by atoms with E-state index < -0.39 is 0 Å². The summed E-state index contributed by atoms with van der Waals surface area (Å²) in [6, 6.07) is 0. The molecule has 12 heteroatoms. The van der Waals surface area contributed by atoms with Gasteiger partial charge in [-0.1, -0.05) is 98.8 Å². The Morgan fingerprint density at radius 3 is 0.786 bits per heavy atom. The van der Waals surface area contributed by atoms with E-state index in [-0.39, 0.29) is 102 Å². The number of fused-ring (bicyclic) bond motifs is 2. The molecular formula is C119H182O12. The van der Waals surface area contributed by atoms with Gasteiger partial charge >= 0.3 is 35.8 Å². The molecule has 0 heterocycles. The summed E-state index contributed by atoms with van der Waals surface area (Å²) in [5.41, 5.74) is 2.48. The molecule has 28 fully saturated rings. The number of hydrogen-bond donors (Lipinski definition) is 0. The van der Waals surface area contributed by atoms with Crippen LogP contribution in [-0.2, 0) is 57.2 Å². The van der Waals surface area contributed by atoms with Gasteiger partial charge < -0.3 is 28.4 Å². The molecule has 0 saturated heterocycles. The Morgan fingerprint density at radius 1 is 0.275 bits per heavy atom. The molecule has 0 aromatic rings. The zero-order chi connectivity index (χ0) is 93.3. The standard InChI is InChI=1S/C23H34O2.C22H34O2.C21H32O2.C19H30O2.C18H28O2.C16H24O2/c1-14(2)21(24)25-22(3,20-10-15-4-5-19(20)9-15)23-11-16-6-17(12-23)8-18(7-16)13-23;1-15(2)20(23)24-21(3,19-7-5-4-6-8-19)22-12-16-9-17(13-22)11-18(10-16)14-22;1-14(2)19(22)23-20(3,18-6-4-5-7-18)21-11-15-8-16(12-21)10-17(9-15)13-21;1-5-19(6-2,21-17(20)13(3)4)18-10-14-7-15(11-18)9-16(8-14)12-18;1-5-17(4,20-16(19)12(2)3)18-9-13-6-14(10-18)8-15(7-13)11-18;1-4-14(17)18-15(2,3)16-8-11-5-12(9-16)7-13(6-11)10-16/h15-20H,1,4-13H2,2-3H3;16-19H,1,4-14H2,2-3H3;15-18H,1,4-13H2,2-3H3;14-16H,3,5-12H2,1-2,4H3;13-15H,2,5-11H2,1,3-4H3;4,11-13H,1,5-10H2,2-3H3. The summed E-state index contributed by atoms with van der Waals surface area (Å²) in [4.78, 5) is 73.7. The molecule has 7 atom stereocenters. The molecule has 0 amide bonds. The Balaban J connectivity index is 0.000000110. The van der Waals surface area contributed by atoms with Crippen LogP contribution < -0.4 is 0 Å². The minimum absolute atomic E-state index is 0.138. The molecule has 28 rings (SSSR count). The lowest BCUT2D eigenvalue weighted by Gasteiger charge is -2.64. The SMILES string of the molecule is C=C(C)C(=O)OC(C)(C1CC2CCC1C2)C12CC3CC(CC(C3)C1)C2.C=C(C)C(=O)OC(C)(C1CCCC1)C12CC3CC(CC(C3)C1)C2.C=C(C)C(=O)OC(C)(C1CCCCC1)C12CC3CC(CC(C3)C1)C2.C=C(C)C(=O)OC(C)(CC)C12CC3CC(CC(C3)C1)C2.C=C(C)C(=O)OC(CC)(CC)C12CC3CC(CC(C3)C1)C2.C=CC(=O)OC(C)(C)C12CC3CC(CC(C3)C1)C2. The second kappa shape index (κ2) is 37.1. The molecule has 0 spiro atoms. The topological polar surface area (TPSA) is 158 Å². The van der Waals surface area contributed by atoms with Crippen LogP contribution in [0.15, 0.2) is 73.4 Å². The maximum atomic E-state index is 12.7. The third kappa shape index (κ3) is 18.3. The van der Waals surface area contributed by atoms with Gasteiger partial charge in [-0.2, -0.15) is 0 Å². The van der Waals surface area contributed by atoms with Crippen LogP contribution in [0.3, 0.4) is 0 Å². The second-order valence-corrected chi connectivity index (χ2v) is 53.4. The lowest BCUT2D eigenvalue weighted by atomic mass is 9.43. The normalized spacial score (nSPS) is 42.3. The van der Waals surface area contributed by atoms with Crippen molar-refractivity contribution in [3.05, 3.63) is 73.4 Å². The second-order valence-electron chi connectivity index (χ2n) is 53.4. The van der Waals surface area contributed by atoms with Crippen molar-refractivity contribution in [2.75, 3.05) is 0 Å². The lowest BCUT2D eigenvalue weighted by molar-refractivity contribution is -0.223. The van der Waals surface area contributed by atoms with Gasteiger partial charge in [0, 0.05) is 72.3 Å². The first-order chi connectivity index (χ1) is 62.0. The van der Waals surface area contributed by atoms with Crippen LogP contribution in [0.5, 0.6) is 0 Å². The molecule has 7 unspecified atom stereocenters. The highest BCUT2D eigenvalue weighted by molar-refractivity contribution is 5.89. The predicted octanol–water partition coefficient (Wildman–Crippen LogP) is 29.5. The van der Waals surface area contributed by atoms with E-state index in [9.17, 15) is 28.8 Å². The monoisotopic (exact) mass is 1800 g/mol. The Hall–Kier alpha value is -4.74. The van der Waals surface area contributed by atoms with Crippen LogP contribution in [0.4, 0.5) is 0 Å². The van der Waals surface area contributed by atoms with E-state index in [4.69, 9.17) is 28.4 Å². The molecule has 12 nitrogen and oxygen atoms in total. The van der Waals surface area contributed by atoms with E-state index in [0.717, 1.165) is 138 Å². The van der Waals surface area contributed by atoms with E-state index in [1.807, 2.05) is 6.92 Å². The minimum atomic E-state index is -0.339. The van der Waals surface area contributed by atoms with E-state index in [0.29, 0.717) is 45.6 Å². The fourth-order valence-corrected chi connectivity index (χ4v) is 39.9. The smallest absolute Gasteiger partial charge is 0.333 e. The number of carbonyl (C=O) groups excluding carboxylic acids is 6. The van der Waals surface area contributed by atoms with E-state index in [2.05, 4.69) is 102 Å². The summed E-state index contributed by atoms with van der Waals surface area (Å²) < 4.78 is 37.1. The maximum absolute atomic E-state index is 12.7. The van der Waals surface area contributed by atoms with Crippen LogP contribution in [0.2, 0.25) is 0 Å². The van der Waals surface area contributed by atoms with Gasteiger partial charge in [0.05, 0.1) is 0 Å². The first kappa shape index (κ1) is 97.9. The summed E-state index contributed by atoms with van der Waals surface area (Å²) in [6.07, 6.45) is 70.0. The van der Waals surface area contributed by atoms with Crippen LogP contribution in [-0.4, -0.2) is 69.4 Å². The number of carbonyl (C=O) groups is 6. The lowest BCUT2D eigenvalue weighted by Crippen LogP contribution is -2.62. The molecule has 28 aliphatic rings. The zero-order valence-corrected chi connectivity index (χ0v) is 85.3. The van der Waals surface area contributed by atoms with Crippen molar-refractivity contribution in [3.63, 3.8) is 0 Å². The average Bonchev–Trinajstić information content (AvgIpc) is 1.61. The Morgan fingerprint density at radius 2 is 0.527 bits per heavy atom. The van der Waals surface area contributed by atoms with Gasteiger partial charge in [-0.15, -0.1) is 0 Å². The third-order valence-electron chi connectivity index (χ3n) is 44.3. The predicted molar refractivity (Wildman–Crippen MR) is 523 cm³/mol. The Bertz CT molecular complexity index is 4080. The van der Waals surface area contributed by atoms with Gasteiger partial charge in [0.25, 0.3) is 0 Å². The number of rotatable bonds is 24. The van der Waals surface area contributed by atoms with Crippen molar-refractivity contribution < 1.29 is 57.2 Å². The number of esters is 6. The molecule has 0 N–H and O–H groups in total. The van der Waals surface area contributed by atoms with E-state index in [1.54, 1.807) is 27.7 Å². The molecule has 28 saturated carbocycles. The number of ether oxygens (including phenoxy) is 6. The zero-order valence-electron chi connectivity index (χ0n) is 85.3. The fourth-order valence-electron chi connectivity index (χ4n) is 39.9. The van der Waals surface area contributed by atoms with Gasteiger partial charge in [-0.25, -0.2) is 28.8 Å². The highest BCUT2D eigenvalue weighted by atomic mass is 16.6. The van der Waals surface area contributed by atoms with Crippen LogP contribution in [0.25, 0.3) is 0 Å². The van der Waals surface area contributed by atoms with Crippen molar-refractivity contribution >= 4 is 35.8 Å². The van der Waals surface area contributed by atoms with Crippen molar-refractivity contribution in [3.8, 4) is 0 Å². The maximum Gasteiger partial charge on any atom is 0.333 e. The first-order valence-corrected chi connectivity index (χ1v) is 55.3. The largest absolute Gasteiger partial charge is 0.456 e. The van der Waals surface area contributed by atoms with Crippen LogP contribution in [0.1, 0.15) is 431 Å². The van der Waals surface area contributed by atoms with Crippen molar-refractivity contribution in [2.45, 2.75) is 464 Å². The summed E-state index contributed by atoms with van der Waals surface area (Å²) in [5, 5.41) is 0. The molecule has 26 bridgehead atoms. The molecule has 0 aromatic heterocycles. The summed E-state index contributed by atoms with van der Waals surface area (Å²) in [6.45, 7) is 51.5. The summed E-state index contributed by atoms with van der Waals surface area (Å²) >= 11 is 0. The highest BCUT2D eigenvalue weighted by Crippen LogP contribution is 2.74. The van der Waals surface area contributed by atoms with Crippen LogP contribution in [0, 0.1) is 169 Å². The Labute approximate surface area is 794 Å². The minimum Gasteiger partial charge on any atom is -0.456 e. The average molecular weight is 1800 g/mol. The van der Waals surface area contributed by atoms with Gasteiger partial charge in [0.2, 0.25) is 0 Å². The summed E-state index contributed by atoms with van der Waals surface area (Å²) in [7, 11) is 0. The quantitative estimate of drug-likeness (QED) is 0.0512. The van der Waals surface area contributed by atoms with Crippen molar-refractivity contribution in [1.82, 2.24) is 0 Å². The van der Waals surface area contributed by atoms with Crippen LogP contribution >= 0.6 is 0 Å². The molecule has 131 heavy (non-hydrogen) atoms. The molecular weight excluding hydrogens is 1620 g/mol. The molecule has 730 valence electrons. The third-order valence-corrected chi connectivity index (χ3v) is 44.3. The number of hydrogen-bond acceptors (Lipinski definition) is 12. The fraction of sp³-hybridized carbons (Fsp3) is 0.849. The highest BCUT2D eigenvalue weighted by Gasteiger charge is 2.70. The van der Waals surface area contributed by atoms with Gasteiger partial charge in [0.15, 0.2) is 0 Å². The van der Waals surface area contributed by atoms with Gasteiger partial charge in [-0.05, 0) is 502 Å².